The molecule has 0 radical (unpaired) electrons. The van der Waals surface area contributed by atoms with E-state index in [0.717, 1.165) is 19.1 Å². The van der Waals surface area contributed by atoms with E-state index in [-0.39, 0.29) is 28.2 Å². The Hall–Kier alpha value is -4.07. The number of benzene rings is 2. The van der Waals surface area contributed by atoms with Gasteiger partial charge in [0, 0.05) is 17.7 Å². The zero-order valence-corrected chi connectivity index (χ0v) is 17.2. The van der Waals surface area contributed by atoms with Crippen molar-refractivity contribution >= 4 is 38.7 Å². The van der Waals surface area contributed by atoms with Crippen molar-refractivity contribution in [3.8, 4) is 23.0 Å². The van der Waals surface area contributed by atoms with Gasteiger partial charge in [0.05, 0.1) is 17.4 Å². The standard InChI is InChI=1S/C21H16O13/c1-5(22)31-10-4-30-21(16(27)14(10)25)32-9-3-7-12-11-6(19(28)34-18(12)15(9)26)2-8(23)13(24)17(11)33-20(7)29/h2-3,10,14,16,21,23-27H,4H2,1H3/t10-,14+,16-,21-/m1/s1. The minimum atomic E-state index is -1.73. The molecule has 0 spiro atoms. The van der Waals surface area contributed by atoms with Crippen LogP contribution >= 0.6 is 0 Å². The number of hydrogen-bond acceptors (Lipinski definition) is 13. The Bertz CT molecular complexity index is 1570. The summed E-state index contributed by atoms with van der Waals surface area (Å²) in [6.07, 6.45) is -6.05. The van der Waals surface area contributed by atoms with Gasteiger partial charge in [-0.15, -0.1) is 0 Å². The highest BCUT2D eigenvalue weighted by molar-refractivity contribution is 6.22. The molecule has 0 saturated carbocycles. The van der Waals surface area contributed by atoms with Gasteiger partial charge in [-0.25, -0.2) is 9.59 Å². The van der Waals surface area contributed by atoms with Crippen LogP contribution in [0.25, 0.3) is 32.7 Å². The lowest BCUT2D eigenvalue weighted by molar-refractivity contribution is -0.247. The zero-order valence-electron chi connectivity index (χ0n) is 17.2. The first-order valence-electron chi connectivity index (χ1n) is 9.83. The van der Waals surface area contributed by atoms with E-state index < -0.39 is 76.0 Å². The predicted molar refractivity (Wildman–Crippen MR) is 110 cm³/mol. The highest BCUT2D eigenvalue weighted by Gasteiger charge is 2.42. The lowest BCUT2D eigenvalue weighted by Gasteiger charge is -2.36. The summed E-state index contributed by atoms with van der Waals surface area (Å²) < 4.78 is 25.9. The van der Waals surface area contributed by atoms with Crippen molar-refractivity contribution in [3.05, 3.63) is 33.0 Å². The molecule has 0 amide bonds. The second-order valence-corrected chi connectivity index (χ2v) is 7.70. The van der Waals surface area contributed by atoms with E-state index >= 15 is 0 Å². The number of rotatable bonds is 3. The average molecular weight is 476 g/mol. The van der Waals surface area contributed by atoms with Crippen molar-refractivity contribution in [1.29, 1.82) is 0 Å². The highest BCUT2D eigenvalue weighted by Crippen LogP contribution is 2.45. The van der Waals surface area contributed by atoms with Crippen LogP contribution < -0.4 is 16.0 Å². The second-order valence-electron chi connectivity index (χ2n) is 7.70. The maximum atomic E-state index is 12.6. The number of carbonyl (C=O) groups is 1. The summed E-state index contributed by atoms with van der Waals surface area (Å²) in [5.41, 5.74) is -3.02. The third-order valence-corrected chi connectivity index (χ3v) is 5.53. The van der Waals surface area contributed by atoms with Crippen LogP contribution in [0.3, 0.4) is 0 Å². The minimum Gasteiger partial charge on any atom is -0.504 e. The summed E-state index contributed by atoms with van der Waals surface area (Å²) in [6, 6.07) is 1.96. The summed E-state index contributed by atoms with van der Waals surface area (Å²) in [4.78, 5) is 36.3. The topological polar surface area (TPSA) is 206 Å². The first-order valence-corrected chi connectivity index (χ1v) is 9.83. The number of aliphatic hydroxyl groups is 2. The number of esters is 1. The van der Waals surface area contributed by atoms with Crippen LogP contribution in [0.15, 0.2) is 30.6 Å². The zero-order chi connectivity index (χ0) is 24.5. The quantitative estimate of drug-likeness (QED) is 0.114. The molecule has 2 aromatic carbocycles. The van der Waals surface area contributed by atoms with Crippen molar-refractivity contribution in [1.82, 2.24) is 0 Å². The first kappa shape index (κ1) is 21.8. The molecule has 34 heavy (non-hydrogen) atoms. The van der Waals surface area contributed by atoms with Crippen LogP contribution in [0.2, 0.25) is 0 Å². The SMILES string of the molecule is CC(=O)O[C@@H]1CO[C@H](Oc2cc3c(=O)oc4c(O)c(O)cc5c(=O)oc(c2O)c3c45)[C@H](O)[C@H]1O. The molecule has 178 valence electrons. The molecule has 4 atom stereocenters. The third kappa shape index (κ3) is 3.09. The van der Waals surface area contributed by atoms with Gasteiger partial charge in [-0.2, -0.15) is 0 Å². The Kier molecular flexibility index (Phi) is 4.79. The summed E-state index contributed by atoms with van der Waals surface area (Å²) in [6.45, 7) is 0.765. The molecule has 5 N–H and O–H groups in total. The molecule has 0 unspecified atom stereocenters. The molecule has 1 aliphatic heterocycles. The molecular formula is C21H16O13. The Morgan fingerprint density at radius 3 is 2.15 bits per heavy atom. The van der Waals surface area contributed by atoms with Gasteiger partial charge in [0.25, 0.3) is 0 Å². The fourth-order valence-electron chi connectivity index (χ4n) is 3.97. The molecule has 0 aliphatic carbocycles. The smallest absolute Gasteiger partial charge is 0.344 e. The van der Waals surface area contributed by atoms with Gasteiger partial charge in [0.1, 0.15) is 12.2 Å². The van der Waals surface area contributed by atoms with Crippen LogP contribution in [0.1, 0.15) is 6.92 Å². The van der Waals surface area contributed by atoms with E-state index in [1.807, 2.05) is 0 Å². The van der Waals surface area contributed by atoms with Gasteiger partial charge in [-0.05, 0) is 12.1 Å². The van der Waals surface area contributed by atoms with Crippen molar-refractivity contribution in [2.24, 2.45) is 0 Å². The number of ether oxygens (including phenoxy) is 3. The van der Waals surface area contributed by atoms with E-state index in [2.05, 4.69) is 0 Å². The Morgan fingerprint density at radius 1 is 0.941 bits per heavy atom. The van der Waals surface area contributed by atoms with Gasteiger partial charge < -0.3 is 48.6 Å². The molecule has 5 rings (SSSR count). The maximum absolute atomic E-state index is 12.6. The fraction of sp³-hybridized carbons (Fsp3) is 0.286. The molecule has 0 bridgehead atoms. The molecule has 3 heterocycles. The van der Waals surface area contributed by atoms with E-state index in [4.69, 9.17) is 23.0 Å². The monoisotopic (exact) mass is 476 g/mol. The van der Waals surface area contributed by atoms with E-state index in [0.29, 0.717) is 0 Å². The van der Waals surface area contributed by atoms with E-state index in [1.165, 1.54) is 0 Å². The maximum Gasteiger partial charge on any atom is 0.344 e. The van der Waals surface area contributed by atoms with Crippen molar-refractivity contribution in [2.45, 2.75) is 31.5 Å². The second kappa shape index (κ2) is 7.48. The van der Waals surface area contributed by atoms with Crippen LogP contribution in [0, 0.1) is 0 Å². The Labute approximate surface area is 186 Å². The summed E-state index contributed by atoms with van der Waals surface area (Å²) in [5, 5.41) is 50.6. The van der Waals surface area contributed by atoms with Crippen LogP contribution in [0.4, 0.5) is 0 Å². The normalized spacial score (nSPS) is 23.0. The van der Waals surface area contributed by atoms with Crippen molar-refractivity contribution in [3.63, 3.8) is 0 Å². The van der Waals surface area contributed by atoms with Crippen LogP contribution in [0.5, 0.6) is 23.0 Å². The van der Waals surface area contributed by atoms with Crippen LogP contribution in [-0.2, 0) is 14.3 Å². The van der Waals surface area contributed by atoms with Gasteiger partial charge >= 0.3 is 17.2 Å². The number of phenols is 3. The summed E-state index contributed by atoms with van der Waals surface area (Å²) in [7, 11) is 0. The first-order chi connectivity index (χ1) is 16.1. The number of carbonyl (C=O) groups excluding carboxylic acids is 1. The molecule has 1 fully saturated rings. The fourth-order valence-corrected chi connectivity index (χ4v) is 3.97. The van der Waals surface area contributed by atoms with Gasteiger partial charge in [-0.3, -0.25) is 4.79 Å². The van der Waals surface area contributed by atoms with Gasteiger partial charge in [-0.1, -0.05) is 0 Å². The molecular weight excluding hydrogens is 460 g/mol. The molecule has 13 heteroatoms. The molecule has 2 aromatic heterocycles. The van der Waals surface area contributed by atoms with E-state index in [1.54, 1.807) is 0 Å². The van der Waals surface area contributed by atoms with Crippen molar-refractivity contribution in [2.75, 3.05) is 6.61 Å². The molecule has 1 aliphatic rings. The molecule has 13 nitrogen and oxygen atoms in total. The lowest BCUT2D eigenvalue weighted by atomic mass is 10.0. The predicted octanol–water partition coefficient (Wildman–Crippen LogP) is -0.00420. The van der Waals surface area contributed by atoms with E-state index in [9.17, 15) is 39.9 Å². The number of aliphatic hydroxyl groups excluding tert-OH is 2. The Balaban J connectivity index is 1.65. The summed E-state index contributed by atoms with van der Waals surface area (Å²) in [5.74, 6) is -3.42. The summed E-state index contributed by atoms with van der Waals surface area (Å²) >= 11 is 0. The molecule has 1 saturated heterocycles. The third-order valence-electron chi connectivity index (χ3n) is 5.53. The average Bonchev–Trinajstić information content (AvgIpc) is 2.78. The van der Waals surface area contributed by atoms with Crippen LogP contribution in [-0.4, -0.2) is 62.7 Å². The van der Waals surface area contributed by atoms with Gasteiger partial charge in [0.2, 0.25) is 17.8 Å². The largest absolute Gasteiger partial charge is 0.504 e. The minimum absolute atomic E-state index is 0.0772. The lowest BCUT2D eigenvalue weighted by Crippen LogP contribution is -2.56. The Morgan fingerprint density at radius 2 is 1.53 bits per heavy atom. The van der Waals surface area contributed by atoms with Gasteiger partial charge in [0.15, 0.2) is 28.8 Å². The number of hydrogen-bond donors (Lipinski definition) is 5. The number of phenolic OH excluding ortho intramolecular Hbond substituents is 3. The highest BCUT2D eigenvalue weighted by atomic mass is 16.7. The van der Waals surface area contributed by atoms with Crippen molar-refractivity contribution < 1.29 is 53.4 Å². The number of aromatic hydroxyl groups is 3. The molecule has 4 aromatic rings.